The van der Waals surface area contributed by atoms with E-state index in [0.29, 0.717) is 0 Å². The second kappa shape index (κ2) is 4.92. The van der Waals surface area contributed by atoms with Crippen LogP contribution in [0.3, 0.4) is 0 Å². The molecule has 0 aliphatic heterocycles. The van der Waals surface area contributed by atoms with Gasteiger partial charge in [0.2, 0.25) is 0 Å². The van der Waals surface area contributed by atoms with Crippen molar-refractivity contribution in [2.24, 2.45) is 5.41 Å². The minimum Gasteiger partial charge on any atom is -0.480 e. The van der Waals surface area contributed by atoms with Gasteiger partial charge in [-0.25, -0.2) is 4.79 Å². The smallest absolute Gasteiger partial charge is 0.333 e. The van der Waals surface area contributed by atoms with Crippen molar-refractivity contribution in [1.29, 1.82) is 0 Å². The molecule has 0 rings (SSSR count). The summed E-state index contributed by atoms with van der Waals surface area (Å²) in [6, 6.07) is 0. The van der Waals surface area contributed by atoms with Gasteiger partial charge in [0, 0.05) is 5.57 Å². The Bertz CT molecular complexity index is 328. The predicted molar refractivity (Wildman–Crippen MR) is 56.8 cm³/mol. The summed E-state index contributed by atoms with van der Waals surface area (Å²) < 4.78 is 4.86. The average Bonchev–Trinajstić information content (AvgIpc) is 2.15. The van der Waals surface area contributed by atoms with E-state index >= 15 is 0 Å². The van der Waals surface area contributed by atoms with E-state index < -0.39 is 29.2 Å². The van der Waals surface area contributed by atoms with Gasteiger partial charge < -0.3 is 9.84 Å². The lowest BCUT2D eigenvalue weighted by Crippen LogP contribution is -2.46. The Hall–Kier alpha value is -1.65. The largest absolute Gasteiger partial charge is 0.480 e. The van der Waals surface area contributed by atoms with Crippen molar-refractivity contribution in [2.75, 3.05) is 0 Å². The fourth-order valence-corrected chi connectivity index (χ4v) is 0.990. The molecule has 0 bridgehead atoms. The first-order valence-corrected chi connectivity index (χ1v) is 4.75. The number of hydrogen-bond acceptors (Lipinski definition) is 4. The molecule has 90 valence electrons. The first-order chi connectivity index (χ1) is 7.13. The van der Waals surface area contributed by atoms with Gasteiger partial charge in [-0.2, -0.15) is 0 Å². The van der Waals surface area contributed by atoms with E-state index in [1.165, 1.54) is 20.8 Å². The third-order valence-corrected chi connectivity index (χ3v) is 2.62. The van der Waals surface area contributed by atoms with Crippen LogP contribution in [0.25, 0.3) is 0 Å². The fraction of sp³-hybridized carbons (Fsp3) is 0.545. The van der Waals surface area contributed by atoms with Gasteiger partial charge in [-0.05, 0) is 27.7 Å². The van der Waals surface area contributed by atoms with Crippen LogP contribution >= 0.6 is 0 Å². The summed E-state index contributed by atoms with van der Waals surface area (Å²) in [5.41, 5.74) is -1.58. The van der Waals surface area contributed by atoms with E-state index in [2.05, 4.69) is 6.58 Å². The Kier molecular flexibility index (Phi) is 4.41. The summed E-state index contributed by atoms with van der Waals surface area (Å²) in [7, 11) is 0. The van der Waals surface area contributed by atoms with Gasteiger partial charge in [-0.1, -0.05) is 6.58 Å². The van der Waals surface area contributed by atoms with Gasteiger partial charge in [0.1, 0.15) is 6.10 Å². The maximum atomic E-state index is 11.3. The van der Waals surface area contributed by atoms with Crippen LogP contribution in [0, 0.1) is 5.41 Å². The highest BCUT2D eigenvalue weighted by atomic mass is 16.5. The minimum atomic E-state index is -1.73. The van der Waals surface area contributed by atoms with Crippen LogP contribution < -0.4 is 0 Å². The third kappa shape index (κ3) is 2.68. The van der Waals surface area contributed by atoms with E-state index in [1.54, 1.807) is 0 Å². The molecule has 16 heavy (non-hydrogen) atoms. The predicted octanol–water partition coefficient (Wildman–Crippen LogP) is 1.17. The molecule has 0 spiro atoms. The second-order valence-corrected chi connectivity index (χ2v) is 3.89. The molecule has 0 aromatic carbocycles. The third-order valence-electron chi connectivity index (χ3n) is 2.62. The monoisotopic (exact) mass is 228 g/mol. The van der Waals surface area contributed by atoms with Crippen molar-refractivity contribution in [3.05, 3.63) is 12.2 Å². The number of hydrogen-bond donors (Lipinski definition) is 1. The Morgan fingerprint density at radius 3 is 2.00 bits per heavy atom. The van der Waals surface area contributed by atoms with E-state index in [9.17, 15) is 14.4 Å². The highest BCUT2D eigenvalue weighted by molar-refractivity contribution is 6.02. The Labute approximate surface area is 94.1 Å². The van der Waals surface area contributed by atoms with Gasteiger partial charge in [0.25, 0.3) is 0 Å². The van der Waals surface area contributed by atoms with E-state index in [4.69, 9.17) is 9.84 Å². The summed E-state index contributed by atoms with van der Waals surface area (Å²) in [5, 5.41) is 8.99. The standard InChI is InChI=1S/C11H16O5/c1-6(2)9(13)16-8(4)11(5,7(3)12)10(14)15/h8H,1H2,2-5H3,(H,14,15). The zero-order valence-corrected chi connectivity index (χ0v) is 9.86. The first-order valence-electron chi connectivity index (χ1n) is 4.75. The lowest BCUT2D eigenvalue weighted by molar-refractivity contribution is -0.167. The molecule has 0 radical (unpaired) electrons. The molecule has 0 amide bonds. The molecule has 1 N–H and O–H groups in total. The summed E-state index contributed by atoms with van der Waals surface area (Å²) >= 11 is 0. The molecule has 2 atom stereocenters. The minimum absolute atomic E-state index is 0.156. The number of ether oxygens (including phenoxy) is 1. The number of carboxylic acid groups (broad SMARTS) is 1. The molecule has 5 nitrogen and oxygen atoms in total. The maximum absolute atomic E-state index is 11.3. The van der Waals surface area contributed by atoms with Crippen LogP contribution in [0.5, 0.6) is 0 Å². The molecular formula is C11H16O5. The number of Topliss-reactive ketones (excluding diaryl/α,β-unsaturated/α-hetero) is 1. The molecule has 0 saturated heterocycles. The van der Waals surface area contributed by atoms with Crippen molar-refractivity contribution < 1.29 is 24.2 Å². The zero-order valence-electron chi connectivity index (χ0n) is 9.86. The molecule has 5 heteroatoms. The number of aliphatic carboxylic acids is 1. The average molecular weight is 228 g/mol. The topological polar surface area (TPSA) is 80.7 Å². The molecule has 0 saturated carbocycles. The van der Waals surface area contributed by atoms with Gasteiger partial charge >= 0.3 is 11.9 Å². The first kappa shape index (κ1) is 14.3. The highest BCUT2D eigenvalue weighted by Gasteiger charge is 2.46. The van der Waals surface area contributed by atoms with Crippen LogP contribution in [0.15, 0.2) is 12.2 Å². The molecule has 2 unspecified atom stereocenters. The van der Waals surface area contributed by atoms with E-state index in [-0.39, 0.29) is 5.57 Å². The summed E-state index contributed by atoms with van der Waals surface area (Å²) in [6.07, 6.45) is -1.05. The van der Waals surface area contributed by atoms with Crippen molar-refractivity contribution in [3.8, 4) is 0 Å². The second-order valence-electron chi connectivity index (χ2n) is 3.89. The molecule has 0 aromatic heterocycles. The normalized spacial score (nSPS) is 15.8. The van der Waals surface area contributed by atoms with E-state index in [1.807, 2.05) is 0 Å². The summed E-state index contributed by atoms with van der Waals surface area (Å²) in [5.74, 6) is -2.59. The van der Waals surface area contributed by atoms with Gasteiger partial charge in [-0.15, -0.1) is 0 Å². The number of rotatable bonds is 5. The summed E-state index contributed by atoms with van der Waals surface area (Å²) in [4.78, 5) is 33.5. The van der Waals surface area contributed by atoms with Crippen LogP contribution in [-0.4, -0.2) is 28.9 Å². The molecule has 0 heterocycles. The number of carbonyl (C=O) groups is 3. The molecule has 0 aliphatic rings. The zero-order chi connectivity index (χ0) is 13.1. The lowest BCUT2D eigenvalue weighted by atomic mass is 9.81. The maximum Gasteiger partial charge on any atom is 0.333 e. The number of carbonyl (C=O) groups excluding carboxylic acids is 2. The highest BCUT2D eigenvalue weighted by Crippen LogP contribution is 2.26. The molecule has 0 aromatic rings. The van der Waals surface area contributed by atoms with Crippen LogP contribution in [0.2, 0.25) is 0 Å². The molecular weight excluding hydrogens is 212 g/mol. The number of carboxylic acids is 1. The lowest BCUT2D eigenvalue weighted by Gasteiger charge is -2.28. The Morgan fingerprint density at radius 1 is 1.31 bits per heavy atom. The van der Waals surface area contributed by atoms with Crippen molar-refractivity contribution in [3.63, 3.8) is 0 Å². The Balaban J connectivity index is 4.99. The molecule has 0 aliphatic carbocycles. The van der Waals surface area contributed by atoms with Gasteiger partial charge in [0.05, 0.1) is 0 Å². The van der Waals surface area contributed by atoms with Gasteiger partial charge in [0.15, 0.2) is 11.2 Å². The van der Waals surface area contributed by atoms with Gasteiger partial charge in [-0.3, -0.25) is 9.59 Å². The van der Waals surface area contributed by atoms with Crippen molar-refractivity contribution in [2.45, 2.75) is 33.8 Å². The number of esters is 1. The molecule has 0 fully saturated rings. The van der Waals surface area contributed by atoms with Crippen LogP contribution in [-0.2, 0) is 19.1 Å². The van der Waals surface area contributed by atoms with E-state index in [0.717, 1.165) is 6.92 Å². The van der Waals surface area contributed by atoms with Crippen molar-refractivity contribution in [1.82, 2.24) is 0 Å². The fourth-order valence-electron chi connectivity index (χ4n) is 0.990. The number of ketones is 1. The summed E-state index contributed by atoms with van der Waals surface area (Å²) in [6.45, 7) is 8.57. The van der Waals surface area contributed by atoms with Crippen LogP contribution in [0.1, 0.15) is 27.7 Å². The van der Waals surface area contributed by atoms with Crippen molar-refractivity contribution >= 4 is 17.7 Å². The SMILES string of the molecule is C=C(C)C(=O)OC(C)C(C)(C(C)=O)C(=O)O. The quantitative estimate of drug-likeness (QED) is 0.434. The van der Waals surface area contributed by atoms with Crippen LogP contribution in [0.4, 0.5) is 0 Å². The Morgan fingerprint density at radius 2 is 1.75 bits per heavy atom.